The number of likely N-dealkylation sites (tertiary alicyclic amines) is 1. The monoisotopic (exact) mass is 273 g/mol. The van der Waals surface area contributed by atoms with E-state index < -0.39 is 0 Å². The average molecular weight is 273 g/mol. The minimum absolute atomic E-state index is 0.0381. The molecular weight excluding hydrogens is 258 g/mol. The Hall–Kier alpha value is -1.88. The summed E-state index contributed by atoms with van der Waals surface area (Å²) in [6, 6.07) is 9.64. The summed E-state index contributed by atoms with van der Waals surface area (Å²) in [5.41, 5.74) is 0.831. The Morgan fingerprint density at radius 3 is 2.95 bits per heavy atom. The minimum atomic E-state index is -0.0381. The summed E-state index contributed by atoms with van der Waals surface area (Å²) in [5.74, 6) is 0. The minimum Gasteiger partial charge on any atom is -0.315 e. The fraction of sp³-hybridized carbons (Fsp3) is 0.286. The number of nitrogens with zero attached hydrogens (tertiary/aromatic N) is 2. The van der Waals surface area contributed by atoms with Crippen molar-refractivity contribution in [2.24, 2.45) is 0 Å². The van der Waals surface area contributed by atoms with E-state index >= 15 is 0 Å². The molecule has 1 aliphatic heterocycles. The third-order valence-corrected chi connectivity index (χ3v) is 4.15. The molecule has 4 nitrogen and oxygen atoms in total. The molecule has 1 saturated heterocycles. The van der Waals surface area contributed by atoms with Gasteiger partial charge in [0.25, 0.3) is 0 Å². The molecular formula is C14H15N3OS. The van der Waals surface area contributed by atoms with Crippen molar-refractivity contribution in [2.45, 2.75) is 18.9 Å². The van der Waals surface area contributed by atoms with Crippen LogP contribution in [0.1, 0.15) is 23.9 Å². The third-order valence-electron chi connectivity index (χ3n) is 3.28. The number of hydrogen-bond acceptors (Lipinski definition) is 3. The quantitative estimate of drug-likeness (QED) is 0.910. The fourth-order valence-electron chi connectivity index (χ4n) is 2.38. The standard InChI is InChI=1S/C14H15N3OS/c18-14(16-11-5-2-1-3-6-11)17-9-4-7-12(17)13-15-8-10-19-13/h1-3,5-6,8,10,12H,4,7,9H2,(H,16,18). The van der Waals surface area contributed by atoms with Crippen LogP contribution in [-0.4, -0.2) is 22.5 Å². The highest BCUT2D eigenvalue weighted by Crippen LogP contribution is 2.33. The first-order valence-corrected chi connectivity index (χ1v) is 7.24. The number of nitrogens with one attached hydrogen (secondary N) is 1. The zero-order chi connectivity index (χ0) is 13.1. The molecule has 1 aliphatic rings. The smallest absolute Gasteiger partial charge is 0.315 e. The first-order valence-electron chi connectivity index (χ1n) is 6.36. The van der Waals surface area contributed by atoms with Crippen LogP contribution in [0.4, 0.5) is 10.5 Å². The van der Waals surface area contributed by atoms with E-state index in [2.05, 4.69) is 10.3 Å². The molecule has 1 unspecified atom stereocenters. The van der Waals surface area contributed by atoms with E-state index in [0.29, 0.717) is 0 Å². The van der Waals surface area contributed by atoms with Gasteiger partial charge in [0, 0.05) is 23.8 Å². The van der Waals surface area contributed by atoms with Crippen LogP contribution >= 0.6 is 11.3 Å². The van der Waals surface area contributed by atoms with E-state index in [-0.39, 0.29) is 12.1 Å². The Morgan fingerprint density at radius 2 is 2.21 bits per heavy atom. The van der Waals surface area contributed by atoms with Gasteiger partial charge in [-0.15, -0.1) is 11.3 Å². The fourth-order valence-corrected chi connectivity index (χ4v) is 3.17. The lowest BCUT2D eigenvalue weighted by Crippen LogP contribution is -2.34. The maximum absolute atomic E-state index is 12.3. The molecule has 0 radical (unpaired) electrons. The van der Waals surface area contributed by atoms with Gasteiger partial charge >= 0.3 is 6.03 Å². The Bertz CT molecular complexity index is 541. The summed E-state index contributed by atoms with van der Waals surface area (Å²) >= 11 is 1.61. The molecule has 1 N–H and O–H groups in total. The molecule has 0 bridgehead atoms. The highest BCUT2D eigenvalue weighted by molar-refractivity contribution is 7.09. The number of carbonyl (C=O) groups excluding carboxylic acids is 1. The normalized spacial score (nSPS) is 18.5. The number of hydrogen-bond donors (Lipinski definition) is 1. The average Bonchev–Trinajstić information content (AvgIpc) is 3.10. The van der Waals surface area contributed by atoms with Crippen molar-refractivity contribution in [1.82, 2.24) is 9.88 Å². The predicted molar refractivity (Wildman–Crippen MR) is 76.3 cm³/mol. The predicted octanol–water partition coefficient (Wildman–Crippen LogP) is 3.51. The molecule has 0 aliphatic carbocycles. The second-order valence-electron chi connectivity index (χ2n) is 4.52. The van der Waals surface area contributed by atoms with Crippen LogP contribution in [-0.2, 0) is 0 Å². The number of thiazole rings is 1. The largest absolute Gasteiger partial charge is 0.322 e. The molecule has 2 heterocycles. The van der Waals surface area contributed by atoms with Crippen LogP contribution in [0.2, 0.25) is 0 Å². The van der Waals surface area contributed by atoms with Gasteiger partial charge in [0.2, 0.25) is 0 Å². The molecule has 1 aromatic carbocycles. The first kappa shape index (κ1) is 12.2. The Balaban J connectivity index is 1.72. The van der Waals surface area contributed by atoms with Gasteiger partial charge in [0.05, 0.1) is 6.04 Å². The van der Waals surface area contributed by atoms with Gasteiger partial charge in [0.1, 0.15) is 5.01 Å². The molecule has 5 heteroatoms. The summed E-state index contributed by atoms with van der Waals surface area (Å²) in [6.45, 7) is 0.795. The van der Waals surface area contributed by atoms with E-state index in [1.54, 1.807) is 17.5 Å². The van der Waals surface area contributed by atoms with Crippen molar-refractivity contribution in [3.05, 3.63) is 46.9 Å². The number of rotatable bonds is 2. The van der Waals surface area contributed by atoms with Gasteiger partial charge in [-0.2, -0.15) is 0 Å². The van der Waals surface area contributed by atoms with E-state index in [1.165, 1.54) is 0 Å². The van der Waals surface area contributed by atoms with Gasteiger partial charge < -0.3 is 10.2 Å². The number of benzene rings is 1. The lowest BCUT2D eigenvalue weighted by atomic mass is 10.2. The zero-order valence-corrected chi connectivity index (χ0v) is 11.3. The topological polar surface area (TPSA) is 45.2 Å². The molecule has 0 saturated carbocycles. The third kappa shape index (κ3) is 2.61. The summed E-state index contributed by atoms with van der Waals surface area (Å²) in [6.07, 6.45) is 3.83. The second kappa shape index (κ2) is 5.40. The Morgan fingerprint density at radius 1 is 1.37 bits per heavy atom. The summed E-state index contributed by atoms with van der Waals surface area (Å²) in [5, 5.41) is 5.93. The number of para-hydroxylation sites is 1. The lowest BCUT2D eigenvalue weighted by molar-refractivity contribution is 0.207. The van der Waals surface area contributed by atoms with Crippen LogP contribution in [0.3, 0.4) is 0 Å². The SMILES string of the molecule is O=C(Nc1ccccc1)N1CCCC1c1nccs1. The number of urea groups is 1. The molecule has 3 rings (SSSR count). The van der Waals surface area contributed by atoms with Crippen LogP contribution in [0, 0.1) is 0 Å². The molecule has 1 atom stereocenters. The molecule has 2 amide bonds. The van der Waals surface area contributed by atoms with Crippen LogP contribution in [0.5, 0.6) is 0 Å². The molecule has 2 aromatic rings. The van der Waals surface area contributed by atoms with Crippen LogP contribution < -0.4 is 5.32 Å². The van der Waals surface area contributed by atoms with Crippen molar-refractivity contribution in [3.8, 4) is 0 Å². The van der Waals surface area contributed by atoms with Crippen LogP contribution in [0.15, 0.2) is 41.9 Å². The van der Waals surface area contributed by atoms with Crippen molar-refractivity contribution < 1.29 is 4.79 Å². The van der Waals surface area contributed by atoms with E-state index in [1.807, 2.05) is 40.6 Å². The zero-order valence-electron chi connectivity index (χ0n) is 10.5. The highest BCUT2D eigenvalue weighted by atomic mass is 32.1. The van der Waals surface area contributed by atoms with Crippen molar-refractivity contribution in [3.63, 3.8) is 0 Å². The second-order valence-corrected chi connectivity index (χ2v) is 5.44. The van der Waals surface area contributed by atoms with Gasteiger partial charge in [-0.1, -0.05) is 18.2 Å². The van der Waals surface area contributed by atoms with Gasteiger partial charge in [-0.3, -0.25) is 0 Å². The van der Waals surface area contributed by atoms with Crippen molar-refractivity contribution in [2.75, 3.05) is 11.9 Å². The van der Waals surface area contributed by atoms with Crippen molar-refractivity contribution in [1.29, 1.82) is 0 Å². The molecule has 1 aromatic heterocycles. The summed E-state index contributed by atoms with van der Waals surface area (Å²) < 4.78 is 0. The number of amides is 2. The molecule has 1 fully saturated rings. The maximum atomic E-state index is 12.3. The van der Waals surface area contributed by atoms with Crippen LogP contribution in [0.25, 0.3) is 0 Å². The number of anilines is 1. The van der Waals surface area contributed by atoms with Gasteiger partial charge in [-0.05, 0) is 25.0 Å². The van der Waals surface area contributed by atoms with Crippen molar-refractivity contribution >= 4 is 23.1 Å². The summed E-state index contributed by atoms with van der Waals surface area (Å²) in [7, 11) is 0. The highest BCUT2D eigenvalue weighted by Gasteiger charge is 2.31. The molecule has 98 valence electrons. The van der Waals surface area contributed by atoms with Gasteiger partial charge in [-0.25, -0.2) is 9.78 Å². The lowest BCUT2D eigenvalue weighted by Gasteiger charge is -2.23. The Kier molecular flexibility index (Phi) is 3.46. The number of carbonyl (C=O) groups is 1. The van der Waals surface area contributed by atoms with E-state index in [9.17, 15) is 4.79 Å². The maximum Gasteiger partial charge on any atom is 0.322 e. The summed E-state index contributed by atoms with van der Waals surface area (Å²) in [4.78, 5) is 18.5. The Labute approximate surface area is 116 Å². The van der Waals surface area contributed by atoms with E-state index in [0.717, 1.165) is 30.1 Å². The first-order chi connectivity index (χ1) is 9.34. The number of aromatic nitrogens is 1. The van der Waals surface area contributed by atoms with E-state index in [4.69, 9.17) is 0 Å². The van der Waals surface area contributed by atoms with Gasteiger partial charge in [0.15, 0.2) is 0 Å². The molecule has 0 spiro atoms. The molecule has 19 heavy (non-hydrogen) atoms.